The maximum Gasteiger partial charge on any atom is 0.165 e. The van der Waals surface area contributed by atoms with Crippen LogP contribution in [0.25, 0.3) is 10.6 Å². The molecule has 2 rings (SSSR count). The molecule has 0 saturated heterocycles. The standard InChI is InChI=1S/C11H14N2S2/c1-2-3-6-15-11-12-8-9(13-11)10-5-4-7-14-10/h4-5,7-8H,2-3,6H2,1H3,(H,12,13). The zero-order chi connectivity index (χ0) is 10.5. The highest BCUT2D eigenvalue weighted by atomic mass is 32.2. The normalized spacial score (nSPS) is 10.7. The lowest BCUT2D eigenvalue weighted by atomic mass is 10.4. The molecule has 1 N–H and O–H groups in total. The summed E-state index contributed by atoms with van der Waals surface area (Å²) in [6.45, 7) is 2.21. The van der Waals surface area contributed by atoms with Crippen LogP contribution < -0.4 is 0 Å². The maximum absolute atomic E-state index is 4.36. The van der Waals surface area contributed by atoms with Gasteiger partial charge in [0.05, 0.1) is 16.8 Å². The van der Waals surface area contributed by atoms with E-state index in [1.165, 1.54) is 17.7 Å². The first-order valence-corrected chi connectivity index (χ1v) is 6.98. The molecule has 0 radical (unpaired) electrons. The predicted octanol–water partition coefficient (Wildman–Crippen LogP) is 4.03. The fraction of sp³-hybridized carbons (Fsp3) is 0.364. The summed E-state index contributed by atoms with van der Waals surface area (Å²) in [4.78, 5) is 8.95. The summed E-state index contributed by atoms with van der Waals surface area (Å²) in [6, 6.07) is 4.17. The van der Waals surface area contributed by atoms with Crippen molar-refractivity contribution in [2.45, 2.75) is 24.9 Å². The van der Waals surface area contributed by atoms with Crippen molar-refractivity contribution in [3.8, 4) is 10.6 Å². The number of thioether (sulfide) groups is 1. The Balaban J connectivity index is 1.98. The quantitative estimate of drug-likeness (QED) is 0.629. The molecule has 0 aliphatic carbocycles. The molecular formula is C11H14N2S2. The van der Waals surface area contributed by atoms with Crippen molar-refractivity contribution in [1.82, 2.24) is 9.97 Å². The topological polar surface area (TPSA) is 28.7 Å². The molecule has 2 nitrogen and oxygen atoms in total. The van der Waals surface area contributed by atoms with Gasteiger partial charge in [-0.3, -0.25) is 0 Å². The third kappa shape index (κ3) is 2.86. The Morgan fingerprint density at radius 2 is 2.47 bits per heavy atom. The highest BCUT2D eigenvalue weighted by Gasteiger charge is 2.03. The van der Waals surface area contributed by atoms with E-state index in [9.17, 15) is 0 Å². The van der Waals surface area contributed by atoms with Crippen LogP contribution in [0.5, 0.6) is 0 Å². The molecule has 0 saturated carbocycles. The third-order valence-corrected chi connectivity index (χ3v) is 3.95. The van der Waals surface area contributed by atoms with Gasteiger partial charge in [0.15, 0.2) is 5.16 Å². The second-order valence-electron chi connectivity index (χ2n) is 3.28. The number of imidazole rings is 1. The molecule has 0 bridgehead atoms. The first kappa shape index (κ1) is 10.8. The molecular weight excluding hydrogens is 224 g/mol. The Bertz CT molecular complexity index is 392. The summed E-state index contributed by atoms with van der Waals surface area (Å²) < 4.78 is 0. The van der Waals surface area contributed by atoms with E-state index in [4.69, 9.17) is 0 Å². The van der Waals surface area contributed by atoms with Crippen LogP contribution in [-0.2, 0) is 0 Å². The van der Waals surface area contributed by atoms with Crippen LogP contribution in [-0.4, -0.2) is 15.7 Å². The molecule has 2 aromatic heterocycles. The summed E-state index contributed by atoms with van der Waals surface area (Å²) in [6.07, 6.45) is 4.41. The third-order valence-electron chi connectivity index (χ3n) is 2.08. The summed E-state index contributed by atoms with van der Waals surface area (Å²) in [5, 5.41) is 3.12. The first-order valence-electron chi connectivity index (χ1n) is 5.12. The van der Waals surface area contributed by atoms with Crippen LogP contribution in [0.4, 0.5) is 0 Å². The van der Waals surface area contributed by atoms with Crippen LogP contribution in [0.3, 0.4) is 0 Å². The number of hydrogen-bond donors (Lipinski definition) is 1. The number of thiophene rings is 1. The van der Waals surface area contributed by atoms with Gasteiger partial charge in [0.1, 0.15) is 0 Å². The van der Waals surface area contributed by atoms with E-state index in [1.54, 1.807) is 23.1 Å². The largest absolute Gasteiger partial charge is 0.332 e. The molecule has 15 heavy (non-hydrogen) atoms. The fourth-order valence-electron chi connectivity index (χ4n) is 1.25. The minimum absolute atomic E-state index is 1.03. The summed E-state index contributed by atoms with van der Waals surface area (Å²) in [5.41, 5.74) is 1.13. The highest BCUT2D eigenvalue weighted by Crippen LogP contribution is 2.25. The number of nitrogens with zero attached hydrogens (tertiary/aromatic N) is 1. The van der Waals surface area contributed by atoms with Gasteiger partial charge in [-0.1, -0.05) is 31.2 Å². The van der Waals surface area contributed by atoms with Crippen LogP contribution in [0.15, 0.2) is 28.9 Å². The lowest BCUT2D eigenvalue weighted by Gasteiger charge is -1.94. The van der Waals surface area contributed by atoms with Gasteiger partial charge in [0, 0.05) is 5.75 Å². The molecule has 0 amide bonds. The number of rotatable bonds is 5. The average Bonchev–Trinajstić information content (AvgIpc) is 2.87. The number of nitrogens with one attached hydrogen (secondary N) is 1. The van der Waals surface area contributed by atoms with Crippen molar-refractivity contribution in [2.75, 3.05) is 5.75 Å². The molecule has 0 aliphatic rings. The molecule has 0 fully saturated rings. The smallest absolute Gasteiger partial charge is 0.165 e. The van der Waals surface area contributed by atoms with Crippen molar-refractivity contribution in [3.05, 3.63) is 23.7 Å². The van der Waals surface area contributed by atoms with Gasteiger partial charge < -0.3 is 4.98 Å². The van der Waals surface area contributed by atoms with Crippen molar-refractivity contribution in [3.63, 3.8) is 0 Å². The second-order valence-corrected chi connectivity index (χ2v) is 5.31. The molecule has 2 heterocycles. The summed E-state index contributed by atoms with van der Waals surface area (Å²) in [5.74, 6) is 1.15. The number of unbranched alkanes of at least 4 members (excludes halogenated alkanes) is 1. The van der Waals surface area contributed by atoms with E-state index >= 15 is 0 Å². The average molecular weight is 238 g/mol. The van der Waals surface area contributed by atoms with E-state index in [0.717, 1.165) is 16.6 Å². The Labute approximate surface area is 98.1 Å². The molecule has 0 atom stereocenters. The number of aromatic amines is 1. The van der Waals surface area contributed by atoms with Crippen molar-refractivity contribution < 1.29 is 0 Å². The van der Waals surface area contributed by atoms with E-state index < -0.39 is 0 Å². The lowest BCUT2D eigenvalue weighted by molar-refractivity contribution is 0.892. The van der Waals surface area contributed by atoms with Gasteiger partial charge in [-0.2, -0.15) is 0 Å². The number of H-pyrrole nitrogens is 1. The Hall–Kier alpha value is -0.740. The molecule has 0 aliphatic heterocycles. The molecule has 0 spiro atoms. The number of aromatic nitrogens is 2. The molecule has 2 aromatic rings. The molecule has 4 heteroatoms. The van der Waals surface area contributed by atoms with E-state index in [0.29, 0.717) is 0 Å². The fourth-order valence-corrected chi connectivity index (χ4v) is 2.87. The maximum atomic E-state index is 4.36. The summed E-state index contributed by atoms with van der Waals surface area (Å²) >= 11 is 3.54. The van der Waals surface area contributed by atoms with Gasteiger partial charge >= 0.3 is 0 Å². The van der Waals surface area contributed by atoms with Gasteiger partial charge in [0.25, 0.3) is 0 Å². The Kier molecular flexibility index (Phi) is 3.86. The molecule has 80 valence electrons. The Morgan fingerprint density at radius 1 is 1.53 bits per heavy atom. The van der Waals surface area contributed by atoms with Crippen molar-refractivity contribution in [1.29, 1.82) is 0 Å². The Morgan fingerprint density at radius 3 is 3.20 bits per heavy atom. The minimum atomic E-state index is 1.03. The zero-order valence-electron chi connectivity index (χ0n) is 8.69. The van der Waals surface area contributed by atoms with Crippen LogP contribution >= 0.6 is 23.1 Å². The predicted molar refractivity (Wildman–Crippen MR) is 67.5 cm³/mol. The second kappa shape index (κ2) is 5.37. The minimum Gasteiger partial charge on any atom is -0.332 e. The SMILES string of the molecule is CCCCSc1ncc(-c2cccs2)[nH]1. The van der Waals surface area contributed by atoms with Crippen LogP contribution in [0.1, 0.15) is 19.8 Å². The van der Waals surface area contributed by atoms with E-state index in [-0.39, 0.29) is 0 Å². The van der Waals surface area contributed by atoms with E-state index in [2.05, 4.69) is 34.4 Å². The van der Waals surface area contributed by atoms with E-state index in [1.807, 2.05) is 6.20 Å². The van der Waals surface area contributed by atoms with Gasteiger partial charge in [-0.25, -0.2) is 4.98 Å². The lowest BCUT2D eigenvalue weighted by Crippen LogP contribution is -1.80. The molecule has 0 aromatic carbocycles. The first-order chi connectivity index (χ1) is 7.40. The number of hydrogen-bond acceptors (Lipinski definition) is 3. The summed E-state index contributed by atoms with van der Waals surface area (Å²) in [7, 11) is 0. The van der Waals surface area contributed by atoms with Crippen LogP contribution in [0.2, 0.25) is 0 Å². The monoisotopic (exact) mass is 238 g/mol. The van der Waals surface area contributed by atoms with Gasteiger partial charge in [-0.15, -0.1) is 11.3 Å². The highest BCUT2D eigenvalue weighted by molar-refractivity contribution is 7.99. The van der Waals surface area contributed by atoms with Crippen molar-refractivity contribution >= 4 is 23.1 Å². The van der Waals surface area contributed by atoms with Crippen LogP contribution in [0, 0.1) is 0 Å². The molecule has 0 unspecified atom stereocenters. The van der Waals surface area contributed by atoms with Gasteiger partial charge in [0.2, 0.25) is 0 Å². The van der Waals surface area contributed by atoms with Crippen molar-refractivity contribution in [2.24, 2.45) is 0 Å². The zero-order valence-corrected chi connectivity index (χ0v) is 10.3. The van der Waals surface area contributed by atoms with Gasteiger partial charge in [-0.05, 0) is 17.9 Å².